The third kappa shape index (κ3) is 2.31. The van der Waals surface area contributed by atoms with E-state index < -0.39 is 18.5 Å². The fourth-order valence-corrected chi connectivity index (χ4v) is 2.04. The molecule has 0 saturated carbocycles. The van der Waals surface area contributed by atoms with Crippen LogP contribution in [0.2, 0.25) is 0 Å². The molecule has 20 heavy (non-hydrogen) atoms. The average molecular weight is 288 g/mol. The van der Waals surface area contributed by atoms with Gasteiger partial charge in [0, 0.05) is 5.39 Å². The van der Waals surface area contributed by atoms with Crippen molar-refractivity contribution in [1.82, 2.24) is 0 Å². The van der Waals surface area contributed by atoms with E-state index in [2.05, 4.69) is 0 Å². The molecule has 1 N–H and O–H groups in total. The Bertz CT molecular complexity index is 613. The zero-order valence-corrected chi connectivity index (χ0v) is 10.5. The number of rotatable bonds is 4. The molecule has 2 aromatic carbocycles. The molecule has 2 aromatic rings. The summed E-state index contributed by atoms with van der Waals surface area (Å²) in [4.78, 5) is 0. The quantitative estimate of drug-likeness (QED) is 0.867. The summed E-state index contributed by atoms with van der Waals surface area (Å²) in [5, 5.41) is 10.3. The summed E-state index contributed by atoms with van der Waals surface area (Å²) in [5.41, 5.74) is -0.258. The van der Waals surface area contributed by atoms with E-state index in [1.54, 1.807) is 18.2 Å². The number of fused-ring (bicyclic) bond motifs is 1. The van der Waals surface area contributed by atoms with E-state index in [1.807, 2.05) is 0 Å². The number of halogens is 4. The zero-order valence-electron chi connectivity index (χ0n) is 10.5. The van der Waals surface area contributed by atoms with Gasteiger partial charge in [-0.15, -0.1) is 0 Å². The Labute approximate surface area is 112 Å². The Hall–Kier alpha value is -1.82. The van der Waals surface area contributed by atoms with Gasteiger partial charge >= 0.3 is 12.3 Å². The van der Waals surface area contributed by atoms with E-state index >= 15 is 0 Å². The molecule has 0 spiro atoms. The maximum Gasteiger partial charge on any atom is 0.336 e. The Balaban J connectivity index is 2.62. The minimum absolute atomic E-state index is 0.250. The fraction of sp³-hybridized carbons (Fsp3) is 0.286. The molecule has 0 saturated heterocycles. The van der Waals surface area contributed by atoms with Gasteiger partial charge in [-0.2, -0.15) is 8.78 Å². The van der Waals surface area contributed by atoms with Gasteiger partial charge in [0.05, 0.1) is 7.11 Å². The third-order valence-electron chi connectivity index (χ3n) is 3.09. The molecule has 0 aliphatic rings. The largest absolute Gasteiger partial charge is 0.496 e. The number of ether oxygens (including phenoxy) is 1. The van der Waals surface area contributed by atoms with Gasteiger partial charge in [0.25, 0.3) is 0 Å². The van der Waals surface area contributed by atoms with Crippen LogP contribution in [-0.4, -0.2) is 24.6 Å². The third-order valence-corrected chi connectivity index (χ3v) is 3.09. The molecule has 0 aliphatic heterocycles. The second-order valence-corrected chi connectivity index (χ2v) is 4.28. The van der Waals surface area contributed by atoms with Crippen molar-refractivity contribution in [3.63, 3.8) is 0 Å². The van der Waals surface area contributed by atoms with Crippen LogP contribution in [0.15, 0.2) is 36.4 Å². The highest BCUT2D eigenvalue weighted by molar-refractivity contribution is 5.91. The van der Waals surface area contributed by atoms with Crippen molar-refractivity contribution in [2.75, 3.05) is 7.11 Å². The Kier molecular flexibility index (Phi) is 3.85. The van der Waals surface area contributed by atoms with Crippen LogP contribution < -0.4 is 4.74 Å². The highest BCUT2D eigenvalue weighted by Gasteiger charge is 2.49. The summed E-state index contributed by atoms with van der Waals surface area (Å²) in [6.45, 7) is 0. The summed E-state index contributed by atoms with van der Waals surface area (Å²) in [6, 6.07) is 8.83. The van der Waals surface area contributed by atoms with Gasteiger partial charge in [-0.05, 0) is 17.0 Å². The molecule has 2 nitrogen and oxygen atoms in total. The summed E-state index contributed by atoms with van der Waals surface area (Å²) >= 11 is 0. The minimum Gasteiger partial charge on any atom is -0.496 e. The first-order valence-electron chi connectivity index (χ1n) is 5.79. The highest BCUT2D eigenvalue weighted by Crippen LogP contribution is 2.40. The Morgan fingerprint density at radius 1 is 1.05 bits per heavy atom. The van der Waals surface area contributed by atoms with Crippen molar-refractivity contribution < 1.29 is 27.4 Å². The van der Waals surface area contributed by atoms with E-state index in [4.69, 9.17) is 4.74 Å². The molecule has 0 fully saturated rings. The van der Waals surface area contributed by atoms with Crippen LogP contribution in [0.4, 0.5) is 17.6 Å². The van der Waals surface area contributed by atoms with Crippen molar-refractivity contribution in [1.29, 1.82) is 0 Å². The van der Waals surface area contributed by atoms with E-state index in [-0.39, 0.29) is 10.9 Å². The van der Waals surface area contributed by atoms with Crippen LogP contribution in [0.5, 0.6) is 5.75 Å². The van der Waals surface area contributed by atoms with Crippen LogP contribution in [-0.2, 0) is 0 Å². The fourth-order valence-electron chi connectivity index (χ4n) is 2.04. The number of hydrogen-bond acceptors (Lipinski definition) is 2. The summed E-state index contributed by atoms with van der Waals surface area (Å²) in [5.74, 6) is -4.10. The molecular formula is C14H12F4O2. The van der Waals surface area contributed by atoms with Crippen molar-refractivity contribution in [2.24, 2.45) is 0 Å². The lowest BCUT2D eigenvalue weighted by molar-refractivity contribution is -0.193. The van der Waals surface area contributed by atoms with Gasteiger partial charge in [0.2, 0.25) is 0 Å². The van der Waals surface area contributed by atoms with E-state index in [9.17, 15) is 22.7 Å². The first-order chi connectivity index (χ1) is 9.39. The Morgan fingerprint density at radius 2 is 1.65 bits per heavy atom. The number of aliphatic hydroxyl groups is 1. The molecule has 0 bridgehead atoms. The average Bonchev–Trinajstić information content (AvgIpc) is 2.45. The number of benzene rings is 2. The molecular weight excluding hydrogens is 276 g/mol. The monoisotopic (exact) mass is 288 g/mol. The number of hydrogen-bond donors (Lipinski definition) is 1. The van der Waals surface area contributed by atoms with Crippen molar-refractivity contribution in [2.45, 2.75) is 18.5 Å². The maximum atomic E-state index is 13.3. The summed E-state index contributed by atoms with van der Waals surface area (Å²) in [6.07, 6.45) is -6.53. The topological polar surface area (TPSA) is 29.5 Å². The van der Waals surface area contributed by atoms with Crippen molar-refractivity contribution in [3.8, 4) is 5.75 Å². The lowest BCUT2D eigenvalue weighted by Crippen LogP contribution is -2.34. The number of aliphatic hydroxyl groups excluding tert-OH is 1. The molecule has 1 atom stereocenters. The first kappa shape index (κ1) is 14.6. The predicted molar refractivity (Wildman–Crippen MR) is 66.4 cm³/mol. The van der Waals surface area contributed by atoms with Gasteiger partial charge in [0.1, 0.15) is 11.9 Å². The molecule has 0 aliphatic carbocycles. The van der Waals surface area contributed by atoms with Crippen molar-refractivity contribution in [3.05, 3.63) is 42.0 Å². The van der Waals surface area contributed by atoms with Crippen LogP contribution in [0.3, 0.4) is 0 Å². The SMILES string of the molecule is COc1ccc(C(O)C(F)(F)C(F)F)c2ccccc12. The normalized spacial score (nSPS) is 13.8. The van der Waals surface area contributed by atoms with Gasteiger partial charge in [-0.3, -0.25) is 0 Å². The lowest BCUT2D eigenvalue weighted by atomic mass is 9.96. The molecule has 0 radical (unpaired) electrons. The second kappa shape index (κ2) is 5.28. The van der Waals surface area contributed by atoms with E-state index in [0.29, 0.717) is 11.1 Å². The maximum absolute atomic E-state index is 13.3. The van der Waals surface area contributed by atoms with Crippen LogP contribution in [0.1, 0.15) is 11.7 Å². The lowest BCUT2D eigenvalue weighted by Gasteiger charge is -2.23. The van der Waals surface area contributed by atoms with E-state index in [1.165, 1.54) is 25.3 Å². The number of alkyl halides is 4. The Morgan fingerprint density at radius 3 is 2.20 bits per heavy atom. The number of methoxy groups -OCH3 is 1. The molecule has 0 aromatic heterocycles. The highest BCUT2D eigenvalue weighted by atomic mass is 19.3. The summed E-state index contributed by atoms with van der Waals surface area (Å²) in [7, 11) is 1.41. The standard InChI is InChI=1S/C14H12F4O2/c1-20-11-7-6-10(8-4-2-3-5-9(8)11)12(19)14(17,18)13(15)16/h2-7,12-13,19H,1H3. The molecule has 108 valence electrons. The van der Waals surface area contributed by atoms with Crippen molar-refractivity contribution >= 4 is 10.8 Å². The van der Waals surface area contributed by atoms with E-state index in [0.717, 1.165) is 0 Å². The molecule has 6 heteroatoms. The molecule has 0 amide bonds. The second-order valence-electron chi connectivity index (χ2n) is 4.28. The van der Waals surface area contributed by atoms with Crippen LogP contribution in [0.25, 0.3) is 10.8 Å². The van der Waals surface area contributed by atoms with Gasteiger partial charge in [-0.25, -0.2) is 8.78 Å². The van der Waals surface area contributed by atoms with Gasteiger partial charge in [-0.1, -0.05) is 30.3 Å². The van der Waals surface area contributed by atoms with Gasteiger partial charge in [0.15, 0.2) is 0 Å². The van der Waals surface area contributed by atoms with Crippen LogP contribution >= 0.6 is 0 Å². The molecule has 2 rings (SSSR count). The smallest absolute Gasteiger partial charge is 0.336 e. The predicted octanol–water partition coefficient (Wildman–Crippen LogP) is 3.78. The zero-order chi connectivity index (χ0) is 14.9. The summed E-state index contributed by atoms with van der Waals surface area (Å²) < 4.78 is 56.4. The molecule has 1 unspecified atom stereocenters. The van der Waals surface area contributed by atoms with Gasteiger partial charge < -0.3 is 9.84 Å². The minimum atomic E-state index is -4.52. The van der Waals surface area contributed by atoms with Crippen LogP contribution in [0, 0.1) is 0 Å². The first-order valence-corrected chi connectivity index (χ1v) is 5.79. The molecule has 0 heterocycles.